The highest BCUT2D eigenvalue weighted by molar-refractivity contribution is 7.89. The highest BCUT2D eigenvalue weighted by atomic mass is 32.2. The molecule has 1 heterocycles. The van der Waals surface area contributed by atoms with Gasteiger partial charge in [-0.2, -0.15) is 4.31 Å². The minimum atomic E-state index is -3.71. The summed E-state index contributed by atoms with van der Waals surface area (Å²) in [6.45, 7) is 6.27. The first-order valence-corrected chi connectivity index (χ1v) is 11.0. The van der Waals surface area contributed by atoms with Gasteiger partial charge in [-0.25, -0.2) is 8.42 Å². The van der Waals surface area contributed by atoms with Gasteiger partial charge in [0.15, 0.2) is 0 Å². The Labute approximate surface area is 162 Å². The normalized spacial score (nSPS) is 17.1. The number of ether oxygens (including phenoxy) is 1. The maximum absolute atomic E-state index is 13.2. The number of methoxy groups -OCH3 is 1. The van der Waals surface area contributed by atoms with E-state index in [1.54, 1.807) is 12.1 Å². The minimum absolute atomic E-state index is 0.0549. The molecule has 1 atom stereocenters. The second-order valence-corrected chi connectivity index (χ2v) is 8.76. The summed E-state index contributed by atoms with van der Waals surface area (Å²) in [6, 6.07) is 4.70. The summed E-state index contributed by atoms with van der Waals surface area (Å²) in [5.41, 5.74) is 0.313. The average Bonchev–Trinajstić information content (AvgIpc) is 2.96. The molecule has 0 spiro atoms. The summed E-state index contributed by atoms with van der Waals surface area (Å²) in [7, 11) is -2.27. The average molecular weight is 398 g/mol. The van der Waals surface area contributed by atoms with Gasteiger partial charge in [0, 0.05) is 31.2 Å². The van der Waals surface area contributed by atoms with Gasteiger partial charge in [-0.15, -0.1) is 0 Å². The first-order valence-electron chi connectivity index (χ1n) is 9.60. The fourth-order valence-electron chi connectivity index (χ4n) is 3.21. The van der Waals surface area contributed by atoms with Gasteiger partial charge in [-0.3, -0.25) is 4.79 Å². The number of nitrogens with one attached hydrogen (secondary N) is 2. The number of rotatable bonds is 8. The molecular formula is C19H31N3O4S. The highest BCUT2D eigenvalue weighted by Crippen LogP contribution is 2.29. The number of amides is 1. The minimum Gasteiger partial charge on any atom is -0.495 e. The number of hydrogen-bond donors (Lipinski definition) is 2. The molecule has 0 unspecified atom stereocenters. The summed E-state index contributed by atoms with van der Waals surface area (Å²) >= 11 is 0. The molecule has 1 aliphatic heterocycles. The third-order valence-electron chi connectivity index (χ3n) is 4.73. The molecule has 0 bridgehead atoms. The summed E-state index contributed by atoms with van der Waals surface area (Å²) in [6.07, 6.45) is 3.78. The molecule has 7 nitrogen and oxygen atoms in total. The van der Waals surface area contributed by atoms with Crippen LogP contribution in [0.3, 0.4) is 0 Å². The monoisotopic (exact) mass is 397 g/mol. The lowest BCUT2D eigenvalue weighted by Gasteiger charge is -2.21. The first kappa shape index (κ1) is 21.7. The van der Waals surface area contributed by atoms with Crippen molar-refractivity contribution in [3.8, 4) is 5.75 Å². The van der Waals surface area contributed by atoms with E-state index in [0.717, 1.165) is 32.2 Å². The topological polar surface area (TPSA) is 87.7 Å². The highest BCUT2D eigenvalue weighted by Gasteiger charge is 2.29. The van der Waals surface area contributed by atoms with Crippen LogP contribution in [0.4, 0.5) is 0 Å². The lowest BCUT2D eigenvalue weighted by molar-refractivity contribution is 0.0950. The second kappa shape index (κ2) is 10.1. The van der Waals surface area contributed by atoms with Crippen LogP contribution in [-0.2, 0) is 10.0 Å². The van der Waals surface area contributed by atoms with Crippen LogP contribution in [0.1, 0.15) is 49.9 Å². The third-order valence-corrected chi connectivity index (χ3v) is 6.65. The Morgan fingerprint density at radius 2 is 1.89 bits per heavy atom. The smallest absolute Gasteiger partial charge is 0.251 e. The Hall–Kier alpha value is -1.64. The van der Waals surface area contributed by atoms with E-state index < -0.39 is 10.0 Å². The van der Waals surface area contributed by atoms with Crippen molar-refractivity contribution in [3.63, 3.8) is 0 Å². The van der Waals surface area contributed by atoms with Gasteiger partial charge in [0.05, 0.1) is 7.11 Å². The lowest BCUT2D eigenvalue weighted by Crippen LogP contribution is -2.39. The zero-order chi connectivity index (χ0) is 19.9. The van der Waals surface area contributed by atoms with Gasteiger partial charge in [0.2, 0.25) is 10.0 Å². The molecule has 27 heavy (non-hydrogen) atoms. The van der Waals surface area contributed by atoms with Crippen molar-refractivity contribution in [1.82, 2.24) is 14.9 Å². The molecule has 1 aliphatic rings. The Kier molecular flexibility index (Phi) is 8.07. The van der Waals surface area contributed by atoms with Crippen molar-refractivity contribution in [2.45, 2.75) is 50.5 Å². The summed E-state index contributed by atoms with van der Waals surface area (Å²) in [5.74, 6) is -0.0356. The van der Waals surface area contributed by atoms with Crippen LogP contribution in [0.25, 0.3) is 0 Å². The predicted molar refractivity (Wildman–Crippen MR) is 106 cm³/mol. The molecule has 0 aromatic heterocycles. The lowest BCUT2D eigenvalue weighted by atomic mass is 10.2. The number of hydrogen-bond acceptors (Lipinski definition) is 5. The van der Waals surface area contributed by atoms with Crippen molar-refractivity contribution in [2.75, 3.05) is 33.3 Å². The number of nitrogens with zero attached hydrogens (tertiary/aromatic N) is 1. The van der Waals surface area contributed by atoms with Gasteiger partial charge >= 0.3 is 0 Å². The zero-order valence-electron chi connectivity index (χ0n) is 16.5. The summed E-state index contributed by atoms with van der Waals surface area (Å²) in [5, 5.41) is 6.06. The molecule has 152 valence electrons. The van der Waals surface area contributed by atoms with E-state index in [-0.39, 0.29) is 22.6 Å². The van der Waals surface area contributed by atoms with Gasteiger partial charge in [-0.1, -0.05) is 19.8 Å². The van der Waals surface area contributed by atoms with E-state index in [1.807, 2.05) is 13.8 Å². The van der Waals surface area contributed by atoms with E-state index in [2.05, 4.69) is 10.6 Å². The van der Waals surface area contributed by atoms with E-state index in [1.165, 1.54) is 17.5 Å². The molecule has 1 amide bonds. The fourth-order valence-corrected chi connectivity index (χ4v) is 4.91. The Morgan fingerprint density at radius 1 is 1.22 bits per heavy atom. The molecule has 1 saturated heterocycles. The Bertz CT molecular complexity index is 728. The fraction of sp³-hybridized carbons (Fsp3) is 0.632. The standard InChI is InChI=1S/C19H31N3O4S/c1-4-20-15(2)14-21-19(23)16-9-10-17(26-3)18(13-16)27(24,25)22-11-7-5-6-8-12-22/h9-10,13,15,20H,4-8,11-12,14H2,1-3H3,(H,21,23)/t15-/m1/s1. The Balaban J connectivity index is 2.25. The molecule has 1 aromatic rings. The number of sulfonamides is 1. The molecule has 0 radical (unpaired) electrons. The van der Waals surface area contributed by atoms with E-state index in [4.69, 9.17) is 4.74 Å². The van der Waals surface area contributed by atoms with Crippen molar-refractivity contribution in [1.29, 1.82) is 0 Å². The van der Waals surface area contributed by atoms with Gasteiger partial charge < -0.3 is 15.4 Å². The van der Waals surface area contributed by atoms with Crippen LogP contribution in [0.15, 0.2) is 23.1 Å². The molecule has 8 heteroatoms. The second-order valence-electron chi connectivity index (χ2n) is 6.85. The van der Waals surface area contributed by atoms with Crippen LogP contribution in [0, 0.1) is 0 Å². The van der Waals surface area contributed by atoms with Gasteiger partial charge in [-0.05, 0) is 44.5 Å². The molecular weight excluding hydrogens is 366 g/mol. The maximum atomic E-state index is 13.2. The zero-order valence-corrected chi connectivity index (χ0v) is 17.3. The molecule has 2 N–H and O–H groups in total. The predicted octanol–water partition coefficient (Wildman–Crippen LogP) is 1.99. The van der Waals surface area contributed by atoms with Crippen molar-refractivity contribution >= 4 is 15.9 Å². The number of likely N-dealkylation sites (N-methyl/N-ethyl adjacent to an activating group) is 1. The maximum Gasteiger partial charge on any atom is 0.251 e. The van der Waals surface area contributed by atoms with Crippen molar-refractivity contribution < 1.29 is 17.9 Å². The van der Waals surface area contributed by atoms with Crippen molar-refractivity contribution in [2.24, 2.45) is 0 Å². The molecule has 1 aromatic carbocycles. The van der Waals surface area contributed by atoms with Crippen molar-refractivity contribution in [3.05, 3.63) is 23.8 Å². The van der Waals surface area contributed by atoms with Crippen LogP contribution in [0.2, 0.25) is 0 Å². The summed E-state index contributed by atoms with van der Waals surface area (Å²) < 4.78 is 33.1. The Morgan fingerprint density at radius 3 is 2.48 bits per heavy atom. The first-order chi connectivity index (χ1) is 12.9. The SMILES string of the molecule is CCN[C@H](C)CNC(=O)c1ccc(OC)c(S(=O)(=O)N2CCCCCC2)c1. The number of benzene rings is 1. The molecule has 0 saturated carbocycles. The van der Waals surface area contributed by atoms with Gasteiger partial charge in [0.25, 0.3) is 5.91 Å². The van der Waals surface area contributed by atoms with E-state index in [0.29, 0.717) is 25.2 Å². The van der Waals surface area contributed by atoms with Crippen LogP contribution >= 0.6 is 0 Å². The number of carbonyl (C=O) groups excluding carboxylic acids is 1. The largest absolute Gasteiger partial charge is 0.495 e. The van der Waals surface area contributed by atoms with Crippen LogP contribution in [-0.4, -0.2) is 58.0 Å². The van der Waals surface area contributed by atoms with E-state index in [9.17, 15) is 13.2 Å². The number of carbonyl (C=O) groups is 1. The van der Waals surface area contributed by atoms with Crippen LogP contribution in [0.5, 0.6) is 5.75 Å². The van der Waals surface area contributed by atoms with Crippen LogP contribution < -0.4 is 15.4 Å². The molecule has 2 rings (SSSR count). The van der Waals surface area contributed by atoms with Gasteiger partial charge in [0.1, 0.15) is 10.6 Å². The summed E-state index contributed by atoms with van der Waals surface area (Å²) in [4.78, 5) is 12.5. The molecule has 0 aliphatic carbocycles. The quantitative estimate of drug-likeness (QED) is 0.700. The molecule has 1 fully saturated rings. The van der Waals surface area contributed by atoms with E-state index >= 15 is 0 Å². The third kappa shape index (κ3) is 5.67.